The largest absolute Gasteiger partial charge is 0.255 e. The fourth-order valence-corrected chi connectivity index (χ4v) is 1.08. The number of nitrogens with zero attached hydrogens (tertiary/aromatic N) is 2. The molecule has 0 amide bonds. The first-order valence-corrected chi connectivity index (χ1v) is 3.35. The van der Waals surface area contributed by atoms with Crippen molar-refractivity contribution in [1.82, 2.24) is 9.78 Å². The Morgan fingerprint density at radius 2 is 2.40 bits per heavy atom. The van der Waals surface area contributed by atoms with Gasteiger partial charge in [-0.15, -0.1) is 6.42 Å². The van der Waals surface area contributed by atoms with E-state index in [1.54, 1.807) is 6.20 Å². The Kier molecular flexibility index (Phi) is 0.906. The Morgan fingerprint density at radius 1 is 1.60 bits per heavy atom. The standard InChI is InChI=1S/C8H8N2/c1-2-8(4-5-8)10-7-3-6-9-10/h1,3,6-7H,4-5H2. The van der Waals surface area contributed by atoms with Crippen LogP contribution in [-0.4, -0.2) is 9.78 Å². The van der Waals surface area contributed by atoms with Gasteiger partial charge in [0.2, 0.25) is 0 Å². The smallest absolute Gasteiger partial charge is 0.123 e. The average Bonchev–Trinajstić information content (AvgIpc) is 2.58. The van der Waals surface area contributed by atoms with Crippen LogP contribution in [0.3, 0.4) is 0 Å². The van der Waals surface area contributed by atoms with Crippen molar-refractivity contribution in [1.29, 1.82) is 0 Å². The molecule has 1 aliphatic carbocycles. The van der Waals surface area contributed by atoms with Gasteiger partial charge in [-0.1, -0.05) is 5.92 Å². The summed E-state index contributed by atoms with van der Waals surface area (Å²) in [6.45, 7) is 0. The van der Waals surface area contributed by atoms with E-state index >= 15 is 0 Å². The van der Waals surface area contributed by atoms with Gasteiger partial charge in [-0.2, -0.15) is 5.10 Å². The van der Waals surface area contributed by atoms with Crippen LogP contribution in [0.2, 0.25) is 0 Å². The van der Waals surface area contributed by atoms with E-state index in [2.05, 4.69) is 11.0 Å². The second-order valence-corrected chi connectivity index (χ2v) is 2.63. The Balaban J connectivity index is 2.38. The minimum Gasteiger partial charge on any atom is -0.255 e. The molecule has 0 bridgehead atoms. The molecular weight excluding hydrogens is 124 g/mol. The van der Waals surface area contributed by atoms with Gasteiger partial charge in [0.05, 0.1) is 0 Å². The third-order valence-corrected chi connectivity index (χ3v) is 1.94. The number of terminal acetylenes is 1. The Labute approximate surface area is 59.9 Å². The van der Waals surface area contributed by atoms with Crippen molar-refractivity contribution in [3.05, 3.63) is 18.5 Å². The monoisotopic (exact) mass is 132 g/mol. The van der Waals surface area contributed by atoms with E-state index in [1.807, 2.05) is 16.9 Å². The molecule has 0 unspecified atom stereocenters. The van der Waals surface area contributed by atoms with Crippen molar-refractivity contribution >= 4 is 0 Å². The van der Waals surface area contributed by atoms with E-state index in [9.17, 15) is 0 Å². The molecule has 0 atom stereocenters. The van der Waals surface area contributed by atoms with E-state index in [0.29, 0.717) is 0 Å². The highest BCUT2D eigenvalue weighted by molar-refractivity contribution is 5.19. The fraction of sp³-hybridized carbons (Fsp3) is 0.375. The van der Waals surface area contributed by atoms with Crippen LogP contribution in [0, 0.1) is 12.3 Å². The van der Waals surface area contributed by atoms with Crippen LogP contribution in [0.4, 0.5) is 0 Å². The number of rotatable bonds is 1. The van der Waals surface area contributed by atoms with Gasteiger partial charge in [-0.05, 0) is 18.9 Å². The molecule has 1 aliphatic rings. The maximum atomic E-state index is 5.35. The first-order chi connectivity index (χ1) is 4.87. The average molecular weight is 132 g/mol. The van der Waals surface area contributed by atoms with Gasteiger partial charge in [0, 0.05) is 12.4 Å². The minimum atomic E-state index is -0.0521. The topological polar surface area (TPSA) is 17.8 Å². The lowest BCUT2D eigenvalue weighted by molar-refractivity contribution is 0.542. The molecule has 0 aromatic carbocycles. The van der Waals surface area contributed by atoms with Gasteiger partial charge in [0.25, 0.3) is 0 Å². The van der Waals surface area contributed by atoms with E-state index in [1.165, 1.54) is 0 Å². The molecule has 0 N–H and O–H groups in total. The molecule has 2 nitrogen and oxygen atoms in total. The highest BCUT2D eigenvalue weighted by atomic mass is 15.3. The van der Waals surface area contributed by atoms with Crippen LogP contribution in [0.5, 0.6) is 0 Å². The van der Waals surface area contributed by atoms with Crippen molar-refractivity contribution in [3.8, 4) is 12.3 Å². The van der Waals surface area contributed by atoms with Gasteiger partial charge in [0.1, 0.15) is 5.54 Å². The molecule has 2 rings (SSSR count). The second kappa shape index (κ2) is 1.63. The summed E-state index contributed by atoms with van der Waals surface area (Å²) in [5, 5.41) is 4.10. The van der Waals surface area contributed by atoms with Crippen molar-refractivity contribution in [2.45, 2.75) is 18.4 Å². The van der Waals surface area contributed by atoms with Crippen molar-refractivity contribution in [2.75, 3.05) is 0 Å². The third-order valence-electron chi connectivity index (χ3n) is 1.94. The Bertz CT molecular complexity index is 262. The minimum absolute atomic E-state index is 0.0521. The van der Waals surface area contributed by atoms with Gasteiger partial charge >= 0.3 is 0 Å². The van der Waals surface area contributed by atoms with Gasteiger partial charge < -0.3 is 0 Å². The van der Waals surface area contributed by atoms with Crippen LogP contribution >= 0.6 is 0 Å². The summed E-state index contributed by atoms with van der Waals surface area (Å²) in [6.07, 6.45) is 11.2. The molecule has 50 valence electrons. The Morgan fingerprint density at radius 3 is 2.80 bits per heavy atom. The molecule has 2 heteroatoms. The number of hydrogen-bond acceptors (Lipinski definition) is 1. The fourth-order valence-electron chi connectivity index (χ4n) is 1.08. The second-order valence-electron chi connectivity index (χ2n) is 2.63. The lowest BCUT2D eigenvalue weighted by Crippen LogP contribution is -2.14. The van der Waals surface area contributed by atoms with E-state index in [0.717, 1.165) is 12.8 Å². The van der Waals surface area contributed by atoms with Gasteiger partial charge in [-0.3, -0.25) is 4.68 Å². The Hall–Kier alpha value is -1.23. The predicted octanol–water partition coefficient (Wildman–Crippen LogP) is 1.01. The van der Waals surface area contributed by atoms with Gasteiger partial charge in [0.15, 0.2) is 0 Å². The van der Waals surface area contributed by atoms with Gasteiger partial charge in [-0.25, -0.2) is 0 Å². The molecule has 0 radical (unpaired) electrons. The first kappa shape index (κ1) is 5.55. The molecule has 1 saturated carbocycles. The summed E-state index contributed by atoms with van der Waals surface area (Å²) in [5.41, 5.74) is -0.0521. The quantitative estimate of drug-likeness (QED) is 0.521. The SMILES string of the molecule is C#CC1(n2cccn2)CC1. The summed E-state index contributed by atoms with van der Waals surface area (Å²) in [4.78, 5) is 0. The van der Waals surface area contributed by atoms with Crippen LogP contribution in [0.1, 0.15) is 12.8 Å². The molecule has 1 fully saturated rings. The van der Waals surface area contributed by atoms with E-state index in [-0.39, 0.29) is 5.54 Å². The van der Waals surface area contributed by atoms with E-state index < -0.39 is 0 Å². The van der Waals surface area contributed by atoms with Crippen molar-refractivity contribution in [2.24, 2.45) is 0 Å². The maximum absolute atomic E-state index is 5.35. The van der Waals surface area contributed by atoms with E-state index in [4.69, 9.17) is 6.42 Å². The highest BCUT2D eigenvalue weighted by Gasteiger charge is 2.43. The van der Waals surface area contributed by atoms with Crippen LogP contribution in [0.25, 0.3) is 0 Å². The number of hydrogen-bond donors (Lipinski definition) is 0. The summed E-state index contributed by atoms with van der Waals surface area (Å²) < 4.78 is 1.87. The molecule has 1 aromatic heterocycles. The zero-order chi connectivity index (χ0) is 7.03. The summed E-state index contributed by atoms with van der Waals surface area (Å²) >= 11 is 0. The molecule has 0 aliphatic heterocycles. The molecule has 0 saturated heterocycles. The van der Waals surface area contributed by atoms with Crippen LogP contribution < -0.4 is 0 Å². The lowest BCUT2D eigenvalue weighted by atomic mass is 10.3. The third kappa shape index (κ3) is 0.577. The van der Waals surface area contributed by atoms with Crippen molar-refractivity contribution < 1.29 is 0 Å². The normalized spacial score (nSPS) is 19.9. The van der Waals surface area contributed by atoms with Crippen LogP contribution in [-0.2, 0) is 5.54 Å². The highest BCUT2D eigenvalue weighted by Crippen LogP contribution is 2.41. The van der Waals surface area contributed by atoms with Crippen molar-refractivity contribution in [3.63, 3.8) is 0 Å². The molecular formula is C8H8N2. The zero-order valence-corrected chi connectivity index (χ0v) is 5.62. The molecule has 10 heavy (non-hydrogen) atoms. The molecule has 1 aromatic rings. The zero-order valence-electron chi connectivity index (χ0n) is 5.62. The molecule has 0 spiro atoms. The molecule has 1 heterocycles. The summed E-state index contributed by atoms with van der Waals surface area (Å²) in [5.74, 6) is 2.76. The summed E-state index contributed by atoms with van der Waals surface area (Å²) in [7, 11) is 0. The van der Waals surface area contributed by atoms with Crippen LogP contribution in [0.15, 0.2) is 18.5 Å². The number of aromatic nitrogens is 2. The maximum Gasteiger partial charge on any atom is 0.123 e. The summed E-state index contributed by atoms with van der Waals surface area (Å²) in [6, 6.07) is 1.90. The predicted molar refractivity (Wildman–Crippen MR) is 38.3 cm³/mol. The lowest BCUT2D eigenvalue weighted by Gasteiger charge is -2.05. The first-order valence-electron chi connectivity index (χ1n) is 3.35.